The molecule has 0 fully saturated rings. The lowest BCUT2D eigenvalue weighted by molar-refractivity contribution is -0.167. The third-order valence-electron chi connectivity index (χ3n) is 13.6. The Morgan fingerprint density at radius 1 is 0.266 bits per heavy atom. The average molecular weight is 1090 g/mol. The van der Waals surface area contributed by atoms with Crippen molar-refractivity contribution in [1.29, 1.82) is 0 Å². The molecule has 0 aromatic heterocycles. The predicted molar refractivity (Wildman–Crippen MR) is 343 cm³/mol. The molecule has 6 nitrogen and oxygen atoms in total. The fourth-order valence-electron chi connectivity index (χ4n) is 8.72. The van der Waals surface area contributed by atoms with E-state index in [9.17, 15) is 14.4 Å². The number of hydrogen-bond acceptors (Lipinski definition) is 6. The molecule has 448 valence electrons. The van der Waals surface area contributed by atoms with Crippen LogP contribution in [0.15, 0.2) is 134 Å². The monoisotopic (exact) mass is 1090 g/mol. The summed E-state index contributed by atoms with van der Waals surface area (Å²) in [6.07, 6.45) is 93.0. The third-order valence-corrected chi connectivity index (χ3v) is 13.6. The maximum atomic E-state index is 12.9. The lowest BCUT2D eigenvalue weighted by Gasteiger charge is -2.18. The Balaban J connectivity index is 4.41. The quantitative estimate of drug-likeness (QED) is 0.0261. The van der Waals surface area contributed by atoms with Gasteiger partial charge in [-0.05, 0) is 141 Å². The van der Waals surface area contributed by atoms with Gasteiger partial charge in [0.1, 0.15) is 13.2 Å². The van der Waals surface area contributed by atoms with Gasteiger partial charge in [0.05, 0.1) is 0 Å². The largest absolute Gasteiger partial charge is 0.462 e. The van der Waals surface area contributed by atoms with Gasteiger partial charge in [0.15, 0.2) is 6.10 Å². The number of carbonyl (C=O) groups excluding carboxylic acids is 3. The molecule has 0 saturated heterocycles. The van der Waals surface area contributed by atoms with E-state index in [2.05, 4.69) is 154 Å². The molecule has 0 heterocycles. The van der Waals surface area contributed by atoms with Crippen LogP contribution in [0.3, 0.4) is 0 Å². The molecule has 1 unspecified atom stereocenters. The summed E-state index contributed by atoms with van der Waals surface area (Å²) in [6, 6.07) is 0. The smallest absolute Gasteiger partial charge is 0.306 e. The van der Waals surface area contributed by atoms with Crippen LogP contribution in [0, 0.1) is 0 Å². The summed E-state index contributed by atoms with van der Waals surface area (Å²) in [7, 11) is 0. The predicted octanol–water partition coefficient (Wildman–Crippen LogP) is 22.5. The maximum absolute atomic E-state index is 12.9. The summed E-state index contributed by atoms with van der Waals surface area (Å²) in [5, 5.41) is 0. The van der Waals surface area contributed by atoms with E-state index >= 15 is 0 Å². The van der Waals surface area contributed by atoms with Crippen molar-refractivity contribution < 1.29 is 28.6 Å². The Bertz CT molecular complexity index is 1680. The van der Waals surface area contributed by atoms with Crippen LogP contribution in [0.25, 0.3) is 0 Å². The SMILES string of the molecule is CC/C=C\C/C=C\C/C=C\C/C=C\C/C=C\C/C=C\CCCCCCCCCCC(=O)OCC(COC(=O)CCCCCCC/C=C\C/C=C\CCCCC)OC(=O)CCCCCCCC/C=C\C/C=C\C/C=C\CCCCC. The van der Waals surface area contributed by atoms with Crippen molar-refractivity contribution in [2.24, 2.45) is 0 Å². The second kappa shape index (κ2) is 66.1. The molecule has 0 aromatic rings. The van der Waals surface area contributed by atoms with Crippen LogP contribution in [-0.4, -0.2) is 37.2 Å². The minimum absolute atomic E-state index is 0.0958. The summed E-state index contributed by atoms with van der Waals surface area (Å²) >= 11 is 0. The number of esters is 3. The highest BCUT2D eigenvalue weighted by molar-refractivity contribution is 5.71. The zero-order valence-electron chi connectivity index (χ0n) is 51.3. The summed E-state index contributed by atoms with van der Waals surface area (Å²) in [5.41, 5.74) is 0. The van der Waals surface area contributed by atoms with Crippen molar-refractivity contribution in [1.82, 2.24) is 0 Å². The van der Waals surface area contributed by atoms with E-state index in [1.807, 2.05) is 0 Å². The highest BCUT2D eigenvalue weighted by Gasteiger charge is 2.19. The van der Waals surface area contributed by atoms with Gasteiger partial charge < -0.3 is 14.2 Å². The van der Waals surface area contributed by atoms with Crippen molar-refractivity contribution >= 4 is 17.9 Å². The van der Waals surface area contributed by atoms with E-state index < -0.39 is 6.10 Å². The van der Waals surface area contributed by atoms with Crippen LogP contribution in [0.4, 0.5) is 0 Å². The van der Waals surface area contributed by atoms with Gasteiger partial charge in [-0.15, -0.1) is 0 Å². The summed E-state index contributed by atoms with van der Waals surface area (Å²) in [4.78, 5) is 38.4. The number of ether oxygens (including phenoxy) is 3. The minimum atomic E-state index is -0.801. The number of unbranched alkanes of at least 4 members (excludes halogenated alkanes) is 25. The molecule has 0 rings (SSSR count). The van der Waals surface area contributed by atoms with Crippen molar-refractivity contribution in [3.8, 4) is 0 Å². The Morgan fingerprint density at radius 3 is 0.772 bits per heavy atom. The molecule has 0 N–H and O–H groups in total. The van der Waals surface area contributed by atoms with E-state index in [1.54, 1.807) is 0 Å². The van der Waals surface area contributed by atoms with E-state index in [-0.39, 0.29) is 31.1 Å². The molecule has 6 heteroatoms. The molecule has 0 aromatic carbocycles. The van der Waals surface area contributed by atoms with Crippen LogP contribution in [0.1, 0.15) is 290 Å². The number of rotatable bonds is 58. The van der Waals surface area contributed by atoms with Crippen molar-refractivity contribution in [3.63, 3.8) is 0 Å². The Kier molecular flexibility index (Phi) is 62.3. The molecular weight excluding hydrogens is 973 g/mol. The highest BCUT2D eigenvalue weighted by atomic mass is 16.6. The first-order chi connectivity index (χ1) is 39.0. The highest BCUT2D eigenvalue weighted by Crippen LogP contribution is 2.15. The first kappa shape index (κ1) is 74.5. The lowest BCUT2D eigenvalue weighted by atomic mass is 10.1. The van der Waals surface area contributed by atoms with Gasteiger partial charge in [0.25, 0.3) is 0 Å². The second-order valence-electron chi connectivity index (χ2n) is 21.3. The Hall–Kier alpha value is -4.45. The zero-order chi connectivity index (χ0) is 57.1. The first-order valence-corrected chi connectivity index (χ1v) is 32.7. The van der Waals surface area contributed by atoms with Crippen LogP contribution >= 0.6 is 0 Å². The number of hydrogen-bond donors (Lipinski definition) is 0. The normalized spacial score (nSPS) is 13.0. The van der Waals surface area contributed by atoms with Crippen molar-refractivity contribution in [3.05, 3.63) is 134 Å². The molecule has 0 spiro atoms. The van der Waals surface area contributed by atoms with Gasteiger partial charge >= 0.3 is 17.9 Å². The third kappa shape index (κ3) is 64.3. The molecule has 0 aliphatic carbocycles. The zero-order valence-corrected chi connectivity index (χ0v) is 51.3. The first-order valence-electron chi connectivity index (χ1n) is 32.7. The molecule has 1 atom stereocenters. The van der Waals surface area contributed by atoms with Crippen LogP contribution < -0.4 is 0 Å². The standard InChI is InChI=1S/C73H120O6/c1-4-7-10-13-16-19-22-25-28-30-32-33-34-35-36-37-38-39-41-42-45-48-51-54-57-60-63-66-72(75)78-69-70(68-77-71(74)65-62-59-56-53-50-47-44-27-24-21-18-15-12-9-6-3)79-73(76)67-64-61-58-55-52-49-46-43-40-31-29-26-23-20-17-14-11-8-5-2/h7,10,16-21,25-29,32-33,35-36,38-40,43-44,70H,4-6,8-9,11-15,22-24,30-31,34,37,41-42,45-69H2,1-3H3/b10-7-,19-16-,20-17-,21-18-,28-25-,29-26-,33-32-,36-35-,39-38-,43-40-,44-27-. The van der Waals surface area contributed by atoms with E-state index in [0.29, 0.717) is 19.3 Å². The maximum Gasteiger partial charge on any atom is 0.306 e. The van der Waals surface area contributed by atoms with Crippen molar-refractivity contribution in [2.75, 3.05) is 13.2 Å². The van der Waals surface area contributed by atoms with Crippen LogP contribution in [0.2, 0.25) is 0 Å². The van der Waals surface area contributed by atoms with Crippen molar-refractivity contribution in [2.45, 2.75) is 297 Å². The van der Waals surface area contributed by atoms with E-state index in [1.165, 1.54) is 96.3 Å². The molecule has 0 radical (unpaired) electrons. The van der Waals surface area contributed by atoms with Gasteiger partial charge in [0, 0.05) is 19.3 Å². The molecule has 79 heavy (non-hydrogen) atoms. The molecule has 0 saturated carbocycles. The Labute approximate surface area is 487 Å². The minimum Gasteiger partial charge on any atom is -0.462 e. The van der Waals surface area contributed by atoms with Gasteiger partial charge in [-0.3, -0.25) is 14.4 Å². The molecule has 0 aliphatic rings. The summed E-state index contributed by atoms with van der Waals surface area (Å²) < 4.78 is 16.9. The van der Waals surface area contributed by atoms with Gasteiger partial charge in [-0.25, -0.2) is 0 Å². The number of allylic oxidation sites excluding steroid dienone is 22. The van der Waals surface area contributed by atoms with E-state index in [0.717, 1.165) is 154 Å². The van der Waals surface area contributed by atoms with Crippen LogP contribution in [-0.2, 0) is 28.6 Å². The summed E-state index contributed by atoms with van der Waals surface area (Å²) in [5.74, 6) is -0.927. The van der Waals surface area contributed by atoms with Gasteiger partial charge in [-0.1, -0.05) is 264 Å². The van der Waals surface area contributed by atoms with E-state index in [4.69, 9.17) is 14.2 Å². The van der Waals surface area contributed by atoms with Gasteiger partial charge in [-0.2, -0.15) is 0 Å². The average Bonchev–Trinajstić information content (AvgIpc) is 3.45. The Morgan fingerprint density at radius 2 is 0.494 bits per heavy atom. The van der Waals surface area contributed by atoms with Crippen LogP contribution in [0.5, 0.6) is 0 Å². The lowest BCUT2D eigenvalue weighted by Crippen LogP contribution is -2.30. The van der Waals surface area contributed by atoms with Gasteiger partial charge in [0.2, 0.25) is 0 Å². The molecule has 0 aliphatic heterocycles. The molecular formula is C73H120O6. The number of carbonyl (C=O) groups is 3. The topological polar surface area (TPSA) is 78.9 Å². The molecule has 0 amide bonds. The fraction of sp³-hybridized carbons (Fsp3) is 0.658. The second-order valence-corrected chi connectivity index (χ2v) is 21.3. The fourth-order valence-corrected chi connectivity index (χ4v) is 8.72. The summed E-state index contributed by atoms with van der Waals surface area (Å²) in [6.45, 7) is 6.45. The molecule has 0 bridgehead atoms.